The Balaban J connectivity index is 1.33. The van der Waals surface area contributed by atoms with Crippen LogP contribution in [0.2, 0.25) is 0 Å². The molecule has 1 aliphatic rings. The zero-order chi connectivity index (χ0) is 38.4. The Kier molecular flexibility index (Phi) is 9.77. The molecule has 0 fully saturated rings. The molecule has 0 saturated carbocycles. The van der Waals surface area contributed by atoms with Gasteiger partial charge in [-0.25, -0.2) is 0 Å². The van der Waals surface area contributed by atoms with E-state index in [2.05, 4.69) is 41.5 Å². The quantitative estimate of drug-likeness (QED) is 0.144. The Hall–Kier alpha value is -5.75. The maximum atomic E-state index is 7.12. The molecule has 1 aromatic heterocycles. The van der Waals surface area contributed by atoms with Gasteiger partial charge in [0.25, 0.3) is 0 Å². The summed E-state index contributed by atoms with van der Waals surface area (Å²) in [5, 5.41) is 6.43. The molecule has 0 amide bonds. The van der Waals surface area contributed by atoms with Crippen molar-refractivity contribution >= 4 is 49.5 Å². The summed E-state index contributed by atoms with van der Waals surface area (Å²) in [5.74, 6) is 3.97. The summed E-state index contributed by atoms with van der Waals surface area (Å²) in [6.07, 6.45) is 0. The minimum atomic E-state index is -2.06. The molecule has 0 radical (unpaired) electrons. The molecule has 1 atom stereocenters. The van der Waals surface area contributed by atoms with Crippen LogP contribution in [0.15, 0.2) is 105 Å². The third kappa shape index (κ3) is 6.69. The van der Waals surface area contributed by atoms with Crippen LogP contribution in [0.3, 0.4) is 0 Å². The number of ether oxygens (including phenoxy) is 4. The number of anilines is 1. The molecular weight excluding hydrogens is 732 g/mol. The molecule has 1 unspecified atom stereocenters. The van der Waals surface area contributed by atoms with Crippen LogP contribution in [0.5, 0.6) is 34.5 Å². The summed E-state index contributed by atoms with van der Waals surface area (Å²) in [4.78, 5) is 0. The molecule has 0 saturated heterocycles. The van der Waals surface area contributed by atoms with E-state index in [9.17, 15) is 0 Å². The van der Waals surface area contributed by atoms with Gasteiger partial charge in [0.2, 0.25) is 8.30 Å². The van der Waals surface area contributed by atoms with Gasteiger partial charge in [0.1, 0.15) is 45.7 Å². The molecule has 55 heavy (non-hydrogen) atoms. The van der Waals surface area contributed by atoms with Gasteiger partial charge < -0.3 is 41.5 Å². The van der Waals surface area contributed by atoms with E-state index in [1.165, 1.54) is 0 Å². The molecule has 6 aromatic carbocycles. The van der Waals surface area contributed by atoms with Crippen LogP contribution in [0.25, 0.3) is 44.2 Å². The van der Waals surface area contributed by atoms with Crippen molar-refractivity contribution in [1.29, 1.82) is 0 Å². The van der Waals surface area contributed by atoms with Gasteiger partial charge in [0, 0.05) is 38.5 Å². The molecule has 280 valence electrons. The van der Waals surface area contributed by atoms with Crippen LogP contribution in [-0.4, -0.2) is 28.4 Å². The molecule has 11 heteroatoms. The molecule has 9 nitrogen and oxygen atoms in total. The summed E-state index contributed by atoms with van der Waals surface area (Å²) in [6.45, 7) is 7.97. The standard InChI is InChI=1S/C44H41NO8P2/c1-25-17-29(46-5)21-35(41(25)50-54-40-16-12-10-14-34(40)33-13-9-11-15-39(33)45-54)36-22-30(47-6)18-26(2)42(36)51-55-52-43-27(3)19-31(48-7)23-37(43)38-24-32(49-8)20-28(4)44(38)53-55/h9-24,45H,1-8H3. The second-order valence-corrected chi connectivity index (χ2v) is 15.8. The molecule has 0 aliphatic carbocycles. The van der Waals surface area contributed by atoms with E-state index in [-0.39, 0.29) is 0 Å². The number of benzene rings is 6. The average molecular weight is 774 g/mol. The normalized spacial score (nSPS) is 13.1. The molecule has 2 heterocycles. The molecule has 1 aliphatic heterocycles. The number of aryl methyl sites for hydroxylation is 4. The fraction of sp³-hybridized carbons (Fsp3) is 0.182. The Morgan fingerprint density at radius 1 is 0.473 bits per heavy atom. The van der Waals surface area contributed by atoms with Gasteiger partial charge >= 0.3 is 8.24 Å². The van der Waals surface area contributed by atoms with E-state index < -0.39 is 16.5 Å². The summed E-state index contributed by atoms with van der Waals surface area (Å²) in [6, 6.07) is 32.3. The van der Waals surface area contributed by atoms with E-state index in [0.29, 0.717) is 45.7 Å². The van der Waals surface area contributed by atoms with Crippen LogP contribution in [0.1, 0.15) is 22.3 Å². The minimum absolute atomic E-state index is 0.557. The van der Waals surface area contributed by atoms with Gasteiger partial charge in [-0.05, 0) is 116 Å². The summed E-state index contributed by atoms with van der Waals surface area (Å²) < 4.78 is 50.5. The van der Waals surface area contributed by atoms with Crippen molar-refractivity contribution in [3.63, 3.8) is 0 Å². The van der Waals surface area contributed by atoms with Crippen molar-refractivity contribution in [3.8, 4) is 56.8 Å². The first kappa shape index (κ1) is 36.2. The van der Waals surface area contributed by atoms with Gasteiger partial charge in [-0.15, -0.1) is 0 Å². The Morgan fingerprint density at radius 2 is 0.927 bits per heavy atom. The van der Waals surface area contributed by atoms with Gasteiger partial charge in [-0.3, -0.25) is 0 Å². The van der Waals surface area contributed by atoms with Gasteiger partial charge in [0.05, 0.1) is 28.4 Å². The molecular formula is C44H41NO8P2. The molecule has 0 bridgehead atoms. The van der Waals surface area contributed by atoms with Gasteiger partial charge in [-0.1, -0.05) is 36.4 Å². The average Bonchev–Trinajstić information content (AvgIpc) is 3.36. The second kappa shape index (κ2) is 14.8. The van der Waals surface area contributed by atoms with E-state index in [4.69, 9.17) is 36.4 Å². The Bertz CT molecular complexity index is 2580. The highest BCUT2D eigenvalue weighted by molar-refractivity contribution is 7.63. The number of rotatable bonds is 9. The SMILES string of the molecule is COc1cc(C)c(OP2Nc3ccccc3-c3ccccc32)c(-c2cc(OC)cc(C)c2Op2oc3c(C)cc(OC)cc3c3cc(OC)cc(C)c3o2)c1. The molecule has 8 rings (SSSR count). The minimum Gasteiger partial charge on any atom is -0.497 e. The van der Waals surface area contributed by atoms with Crippen molar-refractivity contribution in [1.82, 2.24) is 0 Å². The van der Waals surface area contributed by atoms with Crippen molar-refractivity contribution in [2.24, 2.45) is 0 Å². The lowest BCUT2D eigenvalue weighted by Crippen LogP contribution is -2.19. The molecule has 0 spiro atoms. The lowest BCUT2D eigenvalue weighted by molar-refractivity contribution is 0.412. The predicted octanol–water partition coefficient (Wildman–Crippen LogP) is 12.2. The zero-order valence-corrected chi connectivity index (χ0v) is 33.7. The topological polar surface area (TPSA) is 93.7 Å². The number of methoxy groups -OCH3 is 4. The fourth-order valence-corrected chi connectivity index (χ4v) is 10.1. The number of hydrogen-bond acceptors (Lipinski definition) is 9. The lowest BCUT2D eigenvalue weighted by atomic mass is 9.98. The van der Waals surface area contributed by atoms with Crippen molar-refractivity contribution in [3.05, 3.63) is 119 Å². The monoisotopic (exact) mass is 773 g/mol. The smallest absolute Gasteiger partial charge is 0.453 e. The maximum absolute atomic E-state index is 7.12. The lowest BCUT2D eigenvalue weighted by Gasteiger charge is -2.30. The van der Waals surface area contributed by atoms with Crippen LogP contribution in [0, 0.1) is 27.7 Å². The largest absolute Gasteiger partial charge is 0.497 e. The first-order valence-corrected chi connectivity index (χ1v) is 20.1. The van der Waals surface area contributed by atoms with Crippen LogP contribution in [-0.2, 0) is 0 Å². The zero-order valence-electron chi connectivity index (χ0n) is 31.9. The summed E-state index contributed by atoms with van der Waals surface area (Å²) in [5.41, 5.74) is 9.53. The first-order valence-electron chi connectivity index (χ1n) is 17.7. The van der Waals surface area contributed by atoms with E-state index in [1.807, 2.05) is 88.4 Å². The highest BCUT2D eigenvalue weighted by atomic mass is 31.2. The third-order valence-corrected chi connectivity index (χ3v) is 12.4. The van der Waals surface area contributed by atoms with E-state index in [1.54, 1.807) is 28.4 Å². The number of para-hydroxylation sites is 1. The third-order valence-electron chi connectivity index (χ3n) is 9.76. The summed E-state index contributed by atoms with van der Waals surface area (Å²) >= 11 is 0. The number of nitrogens with one attached hydrogen (secondary N) is 1. The van der Waals surface area contributed by atoms with Crippen LogP contribution < -0.4 is 38.4 Å². The molecule has 7 aromatic rings. The predicted molar refractivity (Wildman–Crippen MR) is 222 cm³/mol. The van der Waals surface area contributed by atoms with Gasteiger partial charge in [-0.2, -0.15) is 0 Å². The highest BCUT2D eigenvalue weighted by Gasteiger charge is 2.29. The highest BCUT2D eigenvalue weighted by Crippen LogP contribution is 2.53. The first-order chi connectivity index (χ1) is 26.7. The van der Waals surface area contributed by atoms with Crippen LogP contribution in [0.4, 0.5) is 5.69 Å². The maximum Gasteiger partial charge on any atom is 0.453 e. The van der Waals surface area contributed by atoms with Crippen molar-refractivity contribution in [2.45, 2.75) is 27.7 Å². The van der Waals surface area contributed by atoms with Crippen molar-refractivity contribution in [2.75, 3.05) is 33.5 Å². The molecule has 1 N–H and O–H groups in total. The Morgan fingerprint density at radius 3 is 1.47 bits per heavy atom. The second-order valence-electron chi connectivity index (χ2n) is 13.3. The van der Waals surface area contributed by atoms with E-state index >= 15 is 0 Å². The Labute approximate surface area is 322 Å². The summed E-state index contributed by atoms with van der Waals surface area (Å²) in [7, 11) is 3.22. The van der Waals surface area contributed by atoms with E-state index in [0.717, 1.165) is 66.3 Å². The van der Waals surface area contributed by atoms with Crippen LogP contribution >= 0.6 is 16.5 Å². The number of hydrogen-bond donors (Lipinski definition) is 1. The van der Waals surface area contributed by atoms with Gasteiger partial charge in [0.15, 0.2) is 0 Å². The number of fused-ring (bicyclic) bond motifs is 6. The van der Waals surface area contributed by atoms with Crippen molar-refractivity contribution < 1.29 is 36.4 Å². The fourth-order valence-electron chi connectivity index (χ4n) is 7.03.